The second kappa shape index (κ2) is 18.4. The Labute approximate surface area is 328 Å². The van der Waals surface area contributed by atoms with E-state index in [1.165, 1.54) is 24.3 Å². The topological polar surface area (TPSA) is 277 Å². The van der Waals surface area contributed by atoms with E-state index in [2.05, 4.69) is 61.0 Å². The summed E-state index contributed by atoms with van der Waals surface area (Å²) in [5.41, 5.74) is 16.6. The largest absolute Gasteiger partial charge is 0.424 e. The third kappa shape index (κ3) is 9.83. The number of hydrogen-bond donors (Lipinski definition) is 7. The van der Waals surface area contributed by atoms with Crippen molar-refractivity contribution in [3.8, 4) is 0 Å². The van der Waals surface area contributed by atoms with Gasteiger partial charge in [0.05, 0.1) is 35.7 Å². The molecule has 2 amide bonds. The zero-order valence-electron chi connectivity index (χ0n) is 31.5. The Kier molecular flexibility index (Phi) is 12.5. The van der Waals surface area contributed by atoms with Crippen LogP contribution in [0.3, 0.4) is 0 Å². The fourth-order valence-corrected chi connectivity index (χ4v) is 6.49. The highest BCUT2D eigenvalue weighted by atomic mass is 16.5. The summed E-state index contributed by atoms with van der Waals surface area (Å²) in [6.45, 7) is 6.50. The minimum Gasteiger partial charge on any atom is -0.424 e. The van der Waals surface area contributed by atoms with Gasteiger partial charge in [-0.15, -0.1) is 0 Å². The van der Waals surface area contributed by atoms with E-state index in [1.54, 1.807) is 18.2 Å². The van der Waals surface area contributed by atoms with Gasteiger partial charge < -0.3 is 51.7 Å². The molecule has 9 N–H and O–H groups in total. The third-order valence-corrected chi connectivity index (χ3v) is 9.58. The molecule has 0 atom stereocenters. The summed E-state index contributed by atoms with van der Waals surface area (Å²) in [5.74, 6) is 1.53. The normalized spacial score (nSPS) is 14.0. The van der Waals surface area contributed by atoms with Gasteiger partial charge in [0.25, 0.3) is 11.9 Å². The lowest BCUT2D eigenvalue weighted by molar-refractivity contribution is -0.122. The standard InChI is InChI=1S/C37H46N16O4/c38-31(23-3-4-28-27(17-23)50-35(40)57-28)30-32(39)48-22-49-33(30)43-8-2-1-7-42-29(54)6-15-56-16-10-44-34(55)25-20-45-36(46-21-25)52-11-13-53(14-12-52)37-47-19-24-18-41-9-5-26(24)51-37/h3-4,17,19-22,38,41H,1-2,5-16,18H2,(H2,40,50)(H,42,54)(H,44,55)(H3,39,43,48,49). The molecule has 0 spiro atoms. The highest BCUT2D eigenvalue weighted by Crippen LogP contribution is 2.25. The quantitative estimate of drug-likeness (QED) is 0.0510. The Balaban J connectivity index is 0.735. The Morgan fingerprint density at radius 1 is 0.877 bits per heavy atom. The van der Waals surface area contributed by atoms with Crippen LogP contribution in [0.1, 0.15) is 52.0 Å². The van der Waals surface area contributed by atoms with Crippen molar-refractivity contribution in [2.24, 2.45) is 0 Å². The number of ether oxygens (including phenoxy) is 1. The van der Waals surface area contributed by atoms with E-state index in [4.69, 9.17) is 31.0 Å². The predicted octanol–water partition coefficient (Wildman–Crippen LogP) is 0.896. The van der Waals surface area contributed by atoms with Gasteiger partial charge in [-0.1, -0.05) is 0 Å². The van der Waals surface area contributed by atoms with Crippen molar-refractivity contribution in [1.29, 1.82) is 5.41 Å². The van der Waals surface area contributed by atoms with Crippen molar-refractivity contribution >= 4 is 58.2 Å². The molecule has 1 saturated heterocycles. The van der Waals surface area contributed by atoms with Crippen molar-refractivity contribution in [3.63, 3.8) is 0 Å². The zero-order chi connectivity index (χ0) is 39.6. The Morgan fingerprint density at radius 2 is 1.65 bits per heavy atom. The molecule has 0 aliphatic carbocycles. The number of amides is 2. The van der Waals surface area contributed by atoms with Crippen molar-refractivity contribution in [1.82, 2.24) is 50.8 Å². The molecule has 2 aliphatic heterocycles. The fourth-order valence-electron chi connectivity index (χ4n) is 6.49. The van der Waals surface area contributed by atoms with Crippen LogP contribution in [-0.4, -0.2) is 118 Å². The first kappa shape index (κ1) is 38.7. The maximum absolute atomic E-state index is 12.6. The van der Waals surface area contributed by atoms with Gasteiger partial charge in [-0.3, -0.25) is 15.0 Å². The number of anilines is 5. The summed E-state index contributed by atoms with van der Waals surface area (Å²) in [6.07, 6.45) is 8.88. The Morgan fingerprint density at radius 3 is 2.47 bits per heavy atom. The summed E-state index contributed by atoms with van der Waals surface area (Å²) < 4.78 is 10.9. The first-order chi connectivity index (χ1) is 27.8. The SMILES string of the molecule is N=C(c1ccc2oc(N)nc2c1)c1c(N)ncnc1NCCCCNC(=O)CCOCCNC(=O)c1cnc(N2CCN(c3ncc4c(n3)CCNC4)CC2)nc1. The Hall–Kier alpha value is -6.54. The number of benzene rings is 1. The summed E-state index contributed by atoms with van der Waals surface area (Å²) in [6, 6.07) is 5.17. The van der Waals surface area contributed by atoms with E-state index in [-0.39, 0.29) is 55.5 Å². The predicted molar refractivity (Wildman–Crippen MR) is 213 cm³/mol. The van der Waals surface area contributed by atoms with Gasteiger partial charge in [0, 0.05) is 101 Å². The monoisotopic (exact) mass is 778 g/mol. The van der Waals surface area contributed by atoms with E-state index in [9.17, 15) is 9.59 Å². The van der Waals surface area contributed by atoms with E-state index in [1.807, 2.05) is 6.20 Å². The molecule has 6 heterocycles. The lowest BCUT2D eigenvalue weighted by atomic mass is 10.0. The molecule has 0 radical (unpaired) electrons. The summed E-state index contributed by atoms with van der Waals surface area (Å²) in [5, 5.41) is 21.0. The summed E-state index contributed by atoms with van der Waals surface area (Å²) in [4.78, 5) is 59.9. The third-order valence-electron chi connectivity index (χ3n) is 9.58. The number of nitrogen functional groups attached to an aromatic ring is 2. The van der Waals surface area contributed by atoms with Gasteiger partial charge >= 0.3 is 0 Å². The molecule has 20 nitrogen and oxygen atoms in total. The molecule has 7 rings (SSSR count). The average Bonchev–Trinajstić information content (AvgIpc) is 3.62. The molecule has 1 aromatic carbocycles. The number of unbranched alkanes of at least 4 members (excludes halogenated alkanes) is 1. The molecule has 0 bridgehead atoms. The second-order valence-electron chi connectivity index (χ2n) is 13.5. The van der Waals surface area contributed by atoms with Crippen LogP contribution < -0.4 is 42.5 Å². The maximum atomic E-state index is 12.6. The number of nitrogens with zero attached hydrogens (tertiary/aromatic N) is 9. The fraction of sp³-hybridized carbons (Fsp3) is 0.405. The van der Waals surface area contributed by atoms with E-state index >= 15 is 0 Å². The van der Waals surface area contributed by atoms with Crippen molar-refractivity contribution in [2.45, 2.75) is 32.2 Å². The number of rotatable bonds is 17. The Bertz CT molecular complexity index is 2190. The minimum absolute atomic E-state index is 0.0493. The highest BCUT2D eigenvalue weighted by Gasteiger charge is 2.23. The molecule has 20 heteroatoms. The van der Waals surface area contributed by atoms with Crippen LogP contribution in [0.5, 0.6) is 0 Å². The van der Waals surface area contributed by atoms with Crippen LogP contribution in [-0.2, 0) is 22.5 Å². The molecule has 5 aromatic rings. The number of carbonyl (C=O) groups excluding carboxylic acids is 2. The van der Waals surface area contributed by atoms with Crippen LogP contribution in [0.25, 0.3) is 11.1 Å². The van der Waals surface area contributed by atoms with E-state index < -0.39 is 0 Å². The minimum atomic E-state index is -0.296. The molecule has 298 valence electrons. The van der Waals surface area contributed by atoms with Crippen LogP contribution in [0, 0.1) is 5.41 Å². The number of nitrogens with one attached hydrogen (secondary N) is 5. The molecular weight excluding hydrogens is 733 g/mol. The highest BCUT2D eigenvalue weighted by molar-refractivity contribution is 6.17. The van der Waals surface area contributed by atoms with Crippen LogP contribution >= 0.6 is 0 Å². The number of carbonyl (C=O) groups is 2. The molecule has 0 unspecified atom stereocenters. The molecule has 57 heavy (non-hydrogen) atoms. The smallest absolute Gasteiger partial charge is 0.292 e. The molecule has 2 aliphatic rings. The molecule has 1 fully saturated rings. The van der Waals surface area contributed by atoms with E-state index in [0.717, 1.165) is 63.8 Å². The van der Waals surface area contributed by atoms with E-state index in [0.29, 0.717) is 59.1 Å². The average molecular weight is 779 g/mol. The van der Waals surface area contributed by atoms with Gasteiger partial charge in [0.1, 0.15) is 23.5 Å². The molecule has 4 aromatic heterocycles. The van der Waals surface area contributed by atoms with Crippen molar-refractivity contribution < 1.29 is 18.7 Å². The van der Waals surface area contributed by atoms with Crippen LogP contribution in [0.2, 0.25) is 0 Å². The van der Waals surface area contributed by atoms with Crippen molar-refractivity contribution in [2.75, 3.05) is 92.2 Å². The second-order valence-corrected chi connectivity index (χ2v) is 13.5. The number of fused-ring (bicyclic) bond motifs is 2. The lowest BCUT2D eigenvalue weighted by Gasteiger charge is -2.35. The van der Waals surface area contributed by atoms with Gasteiger partial charge in [0.2, 0.25) is 17.8 Å². The first-order valence-electron chi connectivity index (χ1n) is 18.9. The first-order valence-corrected chi connectivity index (χ1v) is 18.9. The summed E-state index contributed by atoms with van der Waals surface area (Å²) >= 11 is 0. The maximum Gasteiger partial charge on any atom is 0.292 e. The van der Waals surface area contributed by atoms with Gasteiger partial charge in [-0.05, 0) is 31.0 Å². The van der Waals surface area contributed by atoms with Crippen molar-refractivity contribution in [3.05, 3.63) is 71.1 Å². The lowest BCUT2D eigenvalue weighted by Crippen LogP contribution is -2.48. The number of hydrogen-bond acceptors (Lipinski definition) is 18. The van der Waals surface area contributed by atoms with Gasteiger partial charge in [-0.25, -0.2) is 29.9 Å². The van der Waals surface area contributed by atoms with Gasteiger partial charge in [0.15, 0.2) is 5.58 Å². The van der Waals surface area contributed by atoms with Gasteiger partial charge in [-0.2, -0.15) is 4.98 Å². The number of piperazine rings is 1. The molecule has 0 saturated carbocycles. The number of oxazole rings is 1. The number of nitrogens with two attached hydrogens (primary N) is 2. The van der Waals surface area contributed by atoms with Crippen LogP contribution in [0.4, 0.5) is 29.5 Å². The molecular formula is C37H46N16O4. The summed E-state index contributed by atoms with van der Waals surface area (Å²) in [7, 11) is 0. The zero-order valence-corrected chi connectivity index (χ0v) is 31.5. The number of aromatic nitrogens is 7. The van der Waals surface area contributed by atoms with Crippen LogP contribution in [0.15, 0.2) is 47.5 Å².